The topological polar surface area (TPSA) is 41.5 Å². The van der Waals surface area contributed by atoms with Gasteiger partial charge in [0, 0.05) is 17.5 Å². The lowest BCUT2D eigenvalue weighted by atomic mass is 10.1. The van der Waals surface area contributed by atoms with Crippen molar-refractivity contribution in [1.29, 1.82) is 0 Å². The molecule has 2 unspecified atom stereocenters. The van der Waals surface area contributed by atoms with Crippen LogP contribution in [0.5, 0.6) is 11.5 Å². The molecule has 2 aliphatic rings. The Bertz CT molecular complexity index is 420. The van der Waals surface area contributed by atoms with Crippen LogP contribution in [0.1, 0.15) is 30.7 Å². The Morgan fingerprint density at radius 3 is 2.78 bits per heavy atom. The summed E-state index contributed by atoms with van der Waals surface area (Å²) in [7, 11) is 1.98. The van der Waals surface area contributed by atoms with E-state index in [0.717, 1.165) is 30.3 Å². The molecular formula is C14H20ClNO2. The molecular weight excluding hydrogens is 250 g/mol. The number of hydrogen-bond acceptors (Lipinski definition) is 3. The van der Waals surface area contributed by atoms with Crippen molar-refractivity contribution >= 4 is 12.4 Å². The molecule has 0 aromatic heterocycles. The van der Waals surface area contributed by atoms with Crippen molar-refractivity contribution in [1.82, 2.24) is 5.32 Å². The second-order valence-corrected chi connectivity index (χ2v) is 5.21. The van der Waals surface area contributed by atoms with E-state index in [9.17, 15) is 5.11 Å². The lowest BCUT2D eigenvalue weighted by molar-refractivity contribution is 0.296. The van der Waals surface area contributed by atoms with E-state index in [-0.39, 0.29) is 12.4 Å². The van der Waals surface area contributed by atoms with Crippen LogP contribution >= 0.6 is 12.4 Å². The molecule has 0 spiro atoms. The zero-order valence-corrected chi connectivity index (χ0v) is 11.4. The second kappa shape index (κ2) is 5.37. The van der Waals surface area contributed by atoms with E-state index in [1.807, 2.05) is 19.2 Å². The molecule has 2 aliphatic carbocycles. The fourth-order valence-corrected chi connectivity index (χ4v) is 2.31. The van der Waals surface area contributed by atoms with Gasteiger partial charge in [-0.3, -0.25) is 0 Å². The quantitative estimate of drug-likeness (QED) is 0.864. The molecule has 2 fully saturated rings. The van der Waals surface area contributed by atoms with Crippen molar-refractivity contribution < 1.29 is 9.84 Å². The van der Waals surface area contributed by atoms with Crippen LogP contribution in [0.15, 0.2) is 18.2 Å². The number of halogens is 1. The van der Waals surface area contributed by atoms with Gasteiger partial charge in [0.05, 0.1) is 6.61 Å². The number of benzene rings is 1. The molecule has 0 bridgehead atoms. The lowest BCUT2D eigenvalue weighted by Crippen LogP contribution is -2.11. The van der Waals surface area contributed by atoms with Gasteiger partial charge in [0.2, 0.25) is 0 Å². The normalized spacial score (nSPS) is 25.4. The first-order chi connectivity index (χ1) is 8.28. The van der Waals surface area contributed by atoms with Gasteiger partial charge in [-0.05, 0) is 50.4 Å². The average molecular weight is 270 g/mol. The van der Waals surface area contributed by atoms with Gasteiger partial charge in [-0.1, -0.05) is 0 Å². The first-order valence-corrected chi connectivity index (χ1v) is 6.41. The van der Waals surface area contributed by atoms with Crippen LogP contribution < -0.4 is 10.1 Å². The smallest absolute Gasteiger partial charge is 0.123 e. The minimum absolute atomic E-state index is 0. The van der Waals surface area contributed by atoms with Gasteiger partial charge >= 0.3 is 0 Å². The Balaban J connectivity index is 0.00000120. The summed E-state index contributed by atoms with van der Waals surface area (Å²) in [6.07, 6.45) is 3.74. The van der Waals surface area contributed by atoms with E-state index in [1.54, 1.807) is 6.07 Å². The van der Waals surface area contributed by atoms with E-state index in [2.05, 4.69) is 5.32 Å². The zero-order chi connectivity index (χ0) is 11.8. The molecule has 0 radical (unpaired) electrons. The fourth-order valence-electron chi connectivity index (χ4n) is 2.31. The highest BCUT2D eigenvalue weighted by molar-refractivity contribution is 5.85. The molecule has 1 aromatic rings. The SMILES string of the molecule is CNC1CC1c1cc(O)ccc1OCC1CC1.Cl. The van der Waals surface area contributed by atoms with Gasteiger partial charge in [0.15, 0.2) is 0 Å². The van der Waals surface area contributed by atoms with Gasteiger partial charge < -0.3 is 15.2 Å². The minimum atomic E-state index is 0. The van der Waals surface area contributed by atoms with Gasteiger partial charge in [0.25, 0.3) is 0 Å². The third-order valence-electron chi connectivity index (χ3n) is 3.73. The fraction of sp³-hybridized carbons (Fsp3) is 0.571. The monoisotopic (exact) mass is 269 g/mol. The Kier molecular flexibility index (Phi) is 4.03. The van der Waals surface area contributed by atoms with Crippen LogP contribution in [0.4, 0.5) is 0 Å². The molecule has 1 aromatic carbocycles. The summed E-state index contributed by atoms with van der Waals surface area (Å²) in [6.45, 7) is 0.828. The maximum absolute atomic E-state index is 9.59. The summed E-state index contributed by atoms with van der Waals surface area (Å²) in [6, 6.07) is 6.00. The Morgan fingerprint density at radius 2 is 2.17 bits per heavy atom. The number of rotatable bonds is 5. The molecule has 18 heavy (non-hydrogen) atoms. The Hall–Kier alpha value is -0.930. The molecule has 3 nitrogen and oxygen atoms in total. The van der Waals surface area contributed by atoms with Crippen molar-refractivity contribution in [2.24, 2.45) is 5.92 Å². The van der Waals surface area contributed by atoms with Crippen LogP contribution in [0.3, 0.4) is 0 Å². The summed E-state index contributed by atoms with van der Waals surface area (Å²) in [5, 5.41) is 12.9. The standard InChI is InChI=1S/C14H19NO2.ClH/c1-15-13-7-11(13)12-6-10(16)4-5-14(12)17-8-9-2-3-9;/h4-6,9,11,13,15-16H,2-3,7-8H2,1H3;1H. The molecule has 3 rings (SSSR count). The highest BCUT2D eigenvalue weighted by Gasteiger charge is 2.39. The third kappa shape index (κ3) is 2.90. The van der Waals surface area contributed by atoms with E-state index >= 15 is 0 Å². The number of phenols is 1. The van der Waals surface area contributed by atoms with Crippen LogP contribution in [-0.4, -0.2) is 24.8 Å². The summed E-state index contributed by atoms with van der Waals surface area (Å²) in [4.78, 5) is 0. The average Bonchev–Trinajstić information content (AvgIpc) is 3.21. The lowest BCUT2D eigenvalue weighted by Gasteiger charge is -2.11. The van der Waals surface area contributed by atoms with E-state index in [1.165, 1.54) is 12.8 Å². The summed E-state index contributed by atoms with van der Waals surface area (Å²) in [5.74, 6) is 2.55. The summed E-state index contributed by atoms with van der Waals surface area (Å²) >= 11 is 0. The van der Waals surface area contributed by atoms with Gasteiger partial charge in [0.1, 0.15) is 11.5 Å². The summed E-state index contributed by atoms with van der Waals surface area (Å²) in [5.41, 5.74) is 1.16. The van der Waals surface area contributed by atoms with Crippen LogP contribution in [-0.2, 0) is 0 Å². The van der Waals surface area contributed by atoms with Gasteiger partial charge in [-0.2, -0.15) is 0 Å². The Labute approximate surface area is 114 Å². The number of ether oxygens (including phenoxy) is 1. The zero-order valence-electron chi connectivity index (χ0n) is 10.6. The first kappa shape index (κ1) is 13.5. The van der Waals surface area contributed by atoms with E-state index in [0.29, 0.717) is 17.7 Å². The minimum Gasteiger partial charge on any atom is -0.508 e. The highest BCUT2D eigenvalue weighted by atomic mass is 35.5. The first-order valence-electron chi connectivity index (χ1n) is 6.41. The van der Waals surface area contributed by atoms with Crippen molar-refractivity contribution in [3.63, 3.8) is 0 Å². The molecule has 4 heteroatoms. The van der Waals surface area contributed by atoms with E-state index < -0.39 is 0 Å². The number of likely N-dealkylation sites (N-methyl/N-ethyl adjacent to an activating group) is 1. The Morgan fingerprint density at radius 1 is 1.39 bits per heavy atom. The van der Waals surface area contributed by atoms with Crippen molar-refractivity contribution in [3.05, 3.63) is 23.8 Å². The number of aromatic hydroxyl groups is 1. The summed E-state index contributed by atoms with van der Waals surface area (Å²) < 4.78 is 5.87. The van der Waals surface area contributed by atoms with Gasteiger partial charge in [-0.15, -0.1) is 12.4 Å². The molecule has 2 N–H and O–H groups in total. The van der Waals surface area contributed by atoms with Crippen LogP contribution in [0.2, 0.25) is 0 Å². The second-order valence-electron chi connectivity index (χ2n) is 5.21. The molecule has 2 atom stereocenters. The predicted octanol–water partition coefficient (Wildman–Crippen LogP) is 2.68. The molecule has 0 saturated heterocycles. The van der Waals surface area contributed by atoms with Crippen molar-refractivity contribution in [2.45, 2.75) is 31.2 Å². The number of nitrogens with one attached hydrogen (secondary N) is 1. The molecule has 100 valence electrons. The maximum atomic E-state index is 9.59. The molecule has 2 saturated carbocycles. The predicted molar refractivity (Wildman–Crippen MR) is 73.8 cm³/mol. The molecule has 0 amide bonds. The van der Waals surface area contributed by atoms with Crippen LogP contribution in [0, 0.1) is 5.92 Å². The largest absolute Gasteiger partial charge is 0.508 e. The maximum Gasteiger partial charge on any atom is 0.123 e. The third-order valence-corrected chi connectivity index (χ3v) is 3.73. The van der Waals surface area contributed by atoms with Crippen LogP contribution in [0.25, 0.3) is 0 Å². The van der Waals surface area contributed by atoms with Crippen molar-refractivity contribution in [3.8, 4) is 11.5 Å². The number of hydrogen-bond donors (Lipinski definition) is 2. The van der Waals surface area contributed by atoms with Crippen molar-refractivity contribution in [2.75, 3.05) is 13.7 Å². The molecule has 0 heterocycles. The number of phenolic OH excluding ortho intramolecular Hbond substituents is 1. The van der Waals surface area contributed by atoms with E-state index in [4.69, 9.17) is 4.74 Å². The van der Waals surface area contributed by atoms with Gasteiger partial charge in [-0.25, -0.2) is 0 Å². The molecule has 0 aliphatic heterocycles. The highest BCUT2D eigenvalue weighted by Crippen LogP contribution is 2.46.